The molecular weight excluding hydrogens is 300 g/mol. The number of carbonyl (C=O) groups is 1. The fraction of sp³-hybridized carbons (Fsp3) is 0.105. The van der Waals surface area contributed by atoms with Crippen LogP contribution in [0, 0.1) is 0 Å². The van der Waals surface area contributed by atoms with E-state index in [1.165, 1.54) is 0 Å². The Bertz CT molecular complexity index is 1040. The molecule has 2 N–H and O–H groups in total. The highest BCUT2D eigenvalue weighted by Crippen LogP contribution is 2.20. The van der Waals surface area contributed by atoms with Gasteiger partial charge in [0.15, 0.2) is 0 Å². The molecule has 0 aliphatic heterocycles. The van der Waals surface area contributed by atoms with Gasteiger partial charge in [0, 0.05) is 22.5 Å². The molecule has 2 aromatic carbocycles. The Morgan fingerprint density at radius 1 is 1.12 bits per heavy atom. The van der Waals surface area contributed by atoms with Crippen molar-refractivity contribution in [2.24, 2.45) is 0 Å². The zero-order valence-electron chi connectivity index (χ0n) is 13.2. The van der Waals surface area contributed by atoms with Crippen LogP contribution >= 0.6 is 0 Å². The molecule has 24 heavy (non-hydrogen) atoms. The number of fused-ring (bicyclic) bond motifs is 2. The van der Waals surface area contributed by atoms with Gasteiger partial charge >= 0.3 is 0 Å². The van der Waals surface area contributed by atoms with E-state index < -0.39 is 0 Å². The Morgan fingerprint density at radius 3 is 2.96 bits per heavy atom. The first-order valence-corrected chi connectivity index (χ1v) is 7.79. The van der Waals surface area contributed by atoms with E-state index in [-0.39, 0.29) is 11.9 Å². The van der Waals surface area contributed by atoms with Gasteiger partial charge in [-0.1, -0.05) is 12.1 Å². The molecule has 1 amide bonds. The Morgan fingerprint density at radius 2 is 2.04 bits per heavy atom. The topological polar surface area (TPSA) is 70.7 Å². The van der Waals surface area contributed by atoms with Crippen LogP contribution in [0.3, 0.4) is 0 Å². The van der Waals surface area contributed by atoms with Crippen molar-refractivity contribution in [3.8, 4) is 0 Å². The molecular formula is C19H16N4O. The number of amides is 1. The zero-order chi connectivity index (χ0) is 16.5. The lowest BCUT2D eigenvalue weighted by atomic mass is 10.1. The number of benzene rings is 2. The zero-order valence-corrected chi connectivity index (χ0v) is 13.2. The van der Waals surface area contributed by atoms with Crippen LogP contribution in [0.5, 0.6) is 0 Å². The van der Waals surface area contributed by atoms with Crippen LogP contribution < -0.4 is 5.32 Å². The van der Waals surface area contributed by atoms with Gasteiger partial charge in [0.05, 0.1) is 23.3 Å². The second-order valence-corrected chi connectivity index (χ2v) is 5.82. The van der Waals surface area contributed by atoms with Crippen molar-refractivity contribution in [3.63, 3.8) is 0 Å². The third-order valence-corrected chi connectivity index (χ3v) is 4.18. The molecule has 118 valence electrons. The number of pyridine rings is 1. The summed E-state index contributed by atoms with van der Waals surface area (Å²) in [5.41, 5.74) is 3.54. The summed E-state index contributed by atoms with van der Waals surface area (Å²) < 4.78 is 0. The molecule has 1 unspecified atom stereocenters. The van der Waals surface area contributed by atoms with E-state index in [2.05, 4.69) is 20.5 Å². The number of aromatic nitrogens is 3. The number of hydrogen-bond donors (Lipinski definition) is 2. The number of aromatic amines is 1. The molecule has 0 radical (unpaired) electrons. The maximum Gasteiger partial charge on any atom is 0.251 e. The average Bonchev–Trinajstić information content (AvgIpc) is 3.08. The van der Waals surface area contributed by atoms with Crippen molar-refractivity contribution in [2.75, 3.05) is 0 Å². The van der Waals surface area contributed by atoms with E-state index in [0.717, 1.165) is 27.4 Å². The van der Waals surface area contributed by atoms with Gasteiger partial charge in [-0.25, -0.2) is 0 Å². The van der Waals surface area contributed by atoms with E-state index in [1.807, 2.05) is 49.4 Å². The van der Waals surface area contributed by atoms with E-state index in [9.17, 15) is 4.79 Å². The van der Waals surface area contributed by atoms with Crippen LogP contribution in [0.25, 0.3) is 21.8 Å². The molecule has 0 aliphatic rings. The van der Waals surface area contributed by atoms with E-state index in [1.54, 1.807) is 18.5 Å². The minimum atomic E-state index is -0.0967. The van der Waals surface area contributed by atoms with Crippen LogP contribution in [0.1, 0.15) is 28.9 Å². The second kappa shape index (κ2) is 5.77. The molecule has 2 aromatic heterocycles. The first kappa shape index (κ1) is 14.4. The number of carbonyl (C=O) groups excluding carboxylic acids is 1. The Kier molecular flexibility index (Phi) is 3.46. The number of nitrogens with one attached hydrogen (secondary N) is 2. The van der Waals surface area contributed by atoms with Crippen LogP contribution in [0.15, 0.2) is 60.9 Å². The van der Waals surface area contributed by atoms with Gasteiger partial charge < -0.3 is 5.32 Å². The lowest BCUT2D eigenvalue weighted by Crippen LogP contribution is -2.26. The summed E-state index contributed by atoms with van der Waals surface area (Å²) in [6, 6.07) is 15.3. The van der Waals surface area contributed by atoms with Crippen LogP contribution in [-0.2, 0) is 0 Å². The van der Waals surface area contributed by atoms with Crippen molar-refractivity contribution >= 4 is 27.7 Å². The van der Waals surface area contributed by atoms with Gasteiger partial charge in [-0.05, 0) is 48.9 Å². The average molecular weight is 316 g/mol. The maximum atomic E-state index is 12.5. The lowest BCUT2D eigenvalue weighted by molar-refractivity contribution is 0.0940. The summed E-state index contributed by atoms with van der Waals surface area (Å²) in [7, 11) is 0. The molecule has 4 rings (SSSR count). The van der Waals surface area contributed by atoms with E-state index >= 15 is 0 Å². The molecule has 0 aliphatic carbocycles. The minimum absolute atomic E-state index is 0.0959. The van der Waals surface area contributed by atoms with Crippen molar-refractivity contribution in [1.82, 2.24) is 20.5 Å². The van der Waals surface area contributed by atoms with Crippen molar-refractivity contribution < 1.29 is 4.79 Å². The quantitative estimate of drug-likeness (QED) is 0.606. The summed E-state index contributed by atoms with van der Waals surface area (Å²) in [5.74, 6) is -0.0967. The van der Waals surface area contributed by atoms with E-state index in [0.29, 0.717) is 5.56 Å². The fourth-order valence-electron chi connectivity index (χ4n) is 2.81. The second-order valence-electron chi connectivity index (χ2n) is 5.82. The highest BCUT2D eigenvalue weighted by atomic mass is 16.1. The monoisotopic (exact) mass is 316 g/mol. The normalized spacial score (nSPS) is 12.4. The molecule has 0 saturated heterocycles. The summed E-state index contributed by atoms with van der Waals surface area (Å²) >= 11 is 0. The summed E-state index contributed by atoms with van der Waals surface area (Å²) in [6.45, 7) is 1.97. The largest absolute Gasteiger partial charge is 0.346 e. The standard InChI is InChI=1S/C19H16N4O/c1-12(13-4-7-18-16(9-13)11-21-23-18)22-19(24)15-5-6-17-14(10-15)3-2-8-20-17/h2-12H,1H3,(H,21,23)(H,22,24). The highest BCUT2D eigenvalue weighted by molar-refractivity contribution is 5.98. The van der Waals surface area contributed by atoms with Crippen LogP contribution in [0.4, 0.5) is 0 Å². The summed E-state index contributed by atoms with van der Waals surface area (Å²) in [5, 5.41) is 12.0. The smallest absolute Gasteiger partial charge is 0.251 e. The first-order chi connectivity index (χ1) is 11.7. The number of H-pyrrole nitrogens is 1. The van der Waals surface area contributed by atoms with Crippen LogP contribution in [-0.4, -0.2) is 21.1 Å². The van der Waals surface area contributed by atoms with Gasteiger partial charge in [-0.3, -0.25) is 14.9 Å². The first-order valence-electron chi connectivity index (χ1n) is 7.79. The van der Waals surface area contributed by atoms with Crippen molar-refractivity contribution in [3.05, 3.63) is 72.1 Å². The molecule has 4 aromatic rings. The van der Waals surface area contributed by atoms with Gasteiger partial charge in [0.1, 0.15) is 0 Å². The van der Waals surface area contributed by atoms with Gasteiger partial charge in [-0.2, -0.15) is 5.10 Å². The molecule has 5 heteroatoms. The minimum Gasteiger partial charge on any atom is -0.346 e. The lowest BCUT2D eigenvalue weighted by Gasteiger charge is -2.15. The number of rotatable bonds is 3. The highest BCUT2D eigenvalue weighted by Gasteiger charge is 2.12. The van der Waals surface area contributed by atoms with Gasteiger partial charge in [0.25, 0.3) is 5.91 Å². The molecule has 5 nitrogen and oxygen atoms in total. The third kappa shape index (κ3) is 2.60. The number of nitrogens with zero attached hydrogens (tertiary/aromatic N) is 2. The van der Waals surface area contributed by atoms with Gasteiger partial charge in [-0.15, -0.1) is 0 Å². The summed E-state index contributed by atoms with van der Waals surface area (Å²) in [4.78, 5) is 16.8. The molecule has 2 heterocycles. The van der Waals surface area contributed by atoms with Crippen molar-refractivity contribution in [1.29, 1.82) is 0 Å². The fourth-order valence-corrected chi connectivity index (χ4v) is 2.81. The van der Waals surface area contributed by atoms with Gasteiger partial charge in [0.2, 0.25) is 0 Å². The third-order valence-electron chi connectivity index (χ3n) is 4.18. The molecule has 0 spiro atoms. The molecule has 0 fully saturated rings. The predicted molar refractivity (Wildman–Crippen MR) is 93.7 cm³/mol. The van der Waals surface area contributed by atoms with E-state index in [4.69, 9.17) is 0 Å². The molecule has 0 saturated carbocycles. The maximum absolute atomic E-state index is 12.5. The Balaban J connectivity index is 1.57. The SMILES string of the molecule is CC(NC(=O)c1ccc2ncccc2c1)c1ccc2[nH]ncc2c1. The van der Waals surface area contributed by atoms with Crippen molar-refractivity contribution in [2.45, 2.75) is 13.0 Å². The Hall–Kier alpha value is -3.21. The predicted octanol–water partition coefficient (Wildman–Crippen LogP) is 3.60. The summed E-state index contributed by atoms with van der Waals surface area (Å²) in [6.07, 6.45) is 3.53. The van der Waals surface area contributed by atoms with Crippen LogP contribution in [0.2, 0.25) is 0 Å². The number of hydrogen-bond acceptors (Lipinski definition) is 3. The molecule has 0 bridgehead atoms. The Labute approximate surface area is 138 Å². The molecule has 1 atom stereocenters.